The number of piperazine rings is 1. The van der Waals surface area contributed by atoms with Crippen LogP contribution in [0.2, 0.25) is 0 Å². The smallest absolute Gasteiger partial charge is 0.450 e. The van der Waals surface area contributed by atoms with Gasteiger partial charge in [-0.25, -0.2) is 4.79 Å². The van der Waals surface area contributed by atoms with Gasteiger partial charge >= 0.3 is 6.16 Å². The summed E-state index contributed by atoms with van der Waals surface area (Å²) >= 11 is 0. The van der Waals surface area contributed by atoms with Crippen LogP contribution in [0.15, 0.2) is 0 Å². The number of hydrogen-bond donors (Lipinski definition) is 3. The highest BCUT2D eigenvalue weighted by molar-refractivity contribution is 5.53. The molecule has 0 atom stereocenters. The summed E-state index contributed by atoms with van der Waals surface area (Å²) in [7, 11) is 2.17. The molecule has 6 heteroatoms. The SMILES string of the molecule is CN1CCN(CCN)CC1.O=C(O)O. The quantitative estimate of drug-likeness (QED) is 0.558. The first-order valence-electron chi connectivity index (χ1n) is 4.59. The van der Waals surface area contributed by atoms with Crippen molar-refractivity contribution in [2.24, 2.45) is 5.73 Å². The molecule has 0 unspecified atom stereocenters. The summed E-state index contributed by atoms with van der Waals surface area (Å²) in [5.74, 6) is 0. The summed E-state index contributed by atoms with van der Waals surface area (Å²) in [5.41, 5.74) is 5.44. The van der Waals surface area contributed by atoms with Crippen LogP contribution >= 0.6 is 0 Å². The van der Waals surface area contributed by atoms with Crippen molar-refractivity contribution >= 4 is 6.16 Å². The summed E-state index contributed by atoms with van der Waals surface area (Å²) in [6.07, 6.45) is -1.83. The number of rotatable bonds is 2. The van der Waals surface area contributed by atoms with Crippen molar-refractivity contribution in [3.8, 4) is 0 Å². The summed E-state index contributed by atoms with van der Waals surface area (Å²) in [5, 5.41) is 13.9. The average molecular weight is 205 g/mol. The minimum atomic E-state index is -1.83. The van der Waals surface area contributed by atoms with Crippen molar-refractivity contribution in [1.29, 1.82) is 0 Å². The molecule has 84 valence electrons. The predicted molar refractivity (Wildman–Crippen MR) is 53.6 cm³/mol. The number of likely N-dealkylation sites (N-methyl/N-ethyl adjacent to an activating group) is 1. The van der Waals surface area contributed by atoms with E-state index in [4.69, 9.17) is 20.7 Å². The Morgan fingerprint density at radius 2 is 1.71 bits per heavy atom. The molecule has 4 N–H and O–H groups in total. The maximum atomic E-state index is 8.56. The van der Waals surface area contributed by atoms with Crippen molar-refractivity contribution in [1.82, 2.24) is 9.80 Å². The Morgan fingerprint density at radius 1 is 1.29 bits per heavy atom. The van der Waals surface area contributed by atoms with E-state index in [1.165, 1.54) is 26.2 Å². The predicted octanol–water partition coefficient (Wildman–Crippen LogP) is -0.585. The Kier molecular flexibility index (Phi) is 7.09. The fourth-order valence-electron chi connectivity index (χ4n) is 1.25. The molecular formula is C8H19N3O3. The minimum absolute atomic E-state index is 0.795. The molecule has 0 aromatic carbocycles. The molecule has 14 heavy (non-hydrogen) atoms. The zero-order chi connectivity index (χ0) is 11.0. The fraction of sp³-hybridized carbons (Fsp3) is 0.875. The van der Waals surface area contributed by atoms with Crippen LogP contribution < -0.4 is 5.73 Å². The lowest BCUT2D eigenvalue weighted by Crippen LogP contribution is -2.45. The first kappa shape index (κ1) is 13.2. The normalized spacial score (nSPS) is 18.4. The second-order valence-electron chi connectivity index (χ2n) is 3.22. The van der Waals surface area contributed by atoms with Crippen LogP contribution in [0.3, 0.4) is 0 Å². The molecule has 0 amide bonds. The van der Waals surface area contributed by atoms with Gasteiger partial charge in [0, 0.05) is 39.3 Å². The van der Waals surface area contributed by atoms with E-state index < -0.39 is 6.16 Å². The fourth-order valence-corrected chi connectivity index (χ4v) is 1.25. The molecule has 1 heterocycles. The van der Waals surface area contributed by atoms with Gasteiger partial charge in [-0.1, -0.05) is 0 Å². The van der Waals surface area contributed by atoms with Crippen LogP contribution in [0.1, 0.15) is 0 Å². The Morgan fingerprint density at radius 3 is 2.07 bits per heavy atom. The Balaban J connectivity index is 0.000000364. The van der Waals surface area contributed by atoms with Crippen LogP contribution in [0.25, 0.3) is 0 Å². The van der Waals surface area contributed by atoms with Crippen LogP contribution in [-0.2, 0) is 0 Å². The van der Waals surface area contributed by atoms with E-state index in [0.717, 1.165) is 13.1 Å². The summed E-state index contributed by atoms with van der Waals surface area (Å²) in [4.78, 5) is 13.3. The lowest BCUT2D eigenvalue weighted by Gasteiger charge is -2.31. The topological polar surface area (TPSA) is 90.0 Å². The van der Waals surface area contributed by atoms with Crippen LogP contribution in [-0.4, -0.2) is 72.5 Å². The van der Waals surface area contributed by atoms with Crippen molar-refractivity contribution in [3.05, 3.63) is 0 Å². The van der Waals surface area contributed by atoms with E-state index in [2.05, 4.69) is 16.8 Å². The Labute approximate surface area is 83.9 Å². The van der Waals surface area contributed by atoms with Crippen LogP contribution in [0.5, 0.6) is 0 Å². The van der Waals surface area contributed by atoms with Gasteiger partial charge in [0.25, 0.3) is 0 Å². The maximum Gasteiger partial charge on any atom is 0.503 e. The van der Waals surface area contributed by atoms with Crippen molar-refractivity contribution in [2.75, 3.05) is 46.3 Å². The van der Waals surface area contributed by atoms with Crippen molar-refractivity contribution < 1.29 is 15.0 Å². The molecule has 1 aliphatic rings. The highest BCUT2D eigenvalue weighted by Crippen LogP contribution is 1.96. The van der Waals surface area contributed by atoms with Gasteiger partial charge in [-0.05, 0) is 7.05 Å². The van der Waals surface area contributed by atoms with Gasteiger partial charge in [0.2, 0.25) is 0 Å². The lowest BCUT2D eigenvalue weighted by atomic mass is 10.3. The van der Waals surface area contributed by atoms with Gasteiger partial charge in [0.05, 0.1) is 0 Å². The number of nitrogens with zero attached hydrogens (tertiary/aromatic N) is 2. The molecule has 1 saturated heterocycles. The van der Waals surface area contributed by atoms with E-state index in [9.17, 15) is 0 Å². The van der Waals surface area contributed by atoms with Crippen LogP contribution in [0, 0.1) is 0 Å². The number of hydrogen-bond acceptors (Lipinski definition) is 4. The summed E-state index contributed by atoms with van der Waals surface area (Å²) in [6.45, 7) is 6.62. The molecule has 0 bridgehead atoms. The van der Waals surface area contributed by atoms with Crippen molar-refractivity contribution in [2.45, 2.75) is 0 Å². The first-order chi connectivity index (χ1) is 6.56. The number of carbonyl (C=O) groups is 1. The molecule has 0 aromatic rings. The molecule has 1 rings (SSSR count). The van der Waals surface area contributed by atoms with Gasteiger partial charge in [-0.15, -0.1) is 0 Å². The average Bonchev–Trinajstić information content (AvgIpc) is 2.08. The lowest BCUT2D eigenvalue weighted by molar-refractivity contribution is 0.137. The monoisotopic (exact) mass is 205 g/mol. The minimum Gasteiger partial charge on any atom is -0.450 e. The first-order valence-corrected chi connectivity index (χ1v) is 4.59. The van der Waals surface area contributed by atoms with Crippen molar-refractivity contribution in [3.63, 3.8) is 0 Å². The molecule has 0 aromatic heterocycles. The largest absolute Gasteiger partial charge is 0.503 e. The molecule has 0 radical (unpaired) electrons. The molecule has 6 nitrogen and oxygen atoms in total. The van der Waals surface area contributed by atoms with E-state index >= 15 is 0 Å². The Hall–Kier alpha value is -0.850. The Bertz CT molecular complexity index is 154. The van der Waals surface area contributed by atoms with Crippen LogP contribution in [0.4, 0.5) is 4.79 Å². The van der Waals surface area contributed by atoms with E-state index in [0.29, 0.717) is 0 Å². The van der Waals surface area contributed by atoms with E-state index in [1.54, 1.807) is 0 Å². The van der Waals surface area contributed by atoms with Gasteiger partial charge in [-0.3, -0.25) is 4.90 Å². The highest BCUT2D eigenvalue weighted by atomic mass is 16.6. The highest BCUT2D eigenvalue weighted by Gasteiger charge is 2.11. The number of nitrogens with two attached hydrogens (primary N) is 1. The molecule has 0 aliphatic carbocycles. The zero-order valence-corrected chi connectivity index (χ0v) is 8.52. The summed E-state index contributed by atoms with van der Waals surface area (Å²) in [6, 6.07) is 0. The summed E-state index contributed by atoms with van der Waals surface area (Å²) < 4.78 is 0. The molecular weight excluding hydrogens is 186 g/mol. The standard InChI is InChI=1S/C7H17N3.CH2O3/c1-9-4-6-10(3-2-8)7-5-9;2-1(3)4/h2-8H2,1H3;(H2,2,3,4). The molecule has 0 saturated carbocycles. The van der Waals surface area contributed by atoms with Gasteiger partial charge in [-0.2, -0.15) is 0 Å². The second-order valence-corrected chi connectivity index (χ2v) is 3.22. The van der Waals surface area contributed by atoms with Gasteiger partial charge < -0.3 is 20.8 Å². The molecule has 0 spiro atoms. The maximum absolute atomic E-state index is 8.56. The zero-order valence-electron chi connectivity index (χ0n) is 8.52. The van der Waals surface area contributed by atoms with Gasteiger partial charge in [0.15, 0.2) is 0 Å². The number of carboxylic acid groups (broad SMARTS) is 2. The van der Waals surface area contributed by atoms with Gasteiger partial charge in [0.1, 0.15) is 0 Å². The second kappa shape index (κ2) is 7.54. The molecule has 1 fully saturated rings. The van der Waals surface area contributed by atoms with E-state index in [-0.39, 0.29) is 0 Å². The third-order valence-corrected chi connectivity index (χ3v) is 2.04. The third kappa shape index (κ3) is 7.78. The third-order valence-electron chi connectivity index (χ3n) is 2.04. The van der Waals surface area contributed by atoms with E-state index in [1.807, 2.05) is 0 Å². The molecule has 1 aliphatic heterocycles.